The van der Waals surface area contributed by atoms with Crippen molar-refractivity contribution in [3.8, 4) is 5.75 Å². The highest BCUT2D eigenvalue weighted by Gasteiger charge is 2.45. The predicted octanol–water partition coefficient (Wildman–Crippen LogP) is 3.15. The molecule has 0 atom stereocenters. The lowest BCUT2D eigenvalue weighted by atomic mass is 10.0. The van der Waals surface area contributed by atoms with Crippen LogP contribution in [0.5, 0.6) is 5.75 Å². The van der Waals surface area contributed by atoms with Gasteiger partial charge in [-0.15, -0.1) is 12.6 Å². The van der Waals surface area contributed by atoms with E-state index in [9.17, 15) is 4.79 Å². The third-order valence-corrected chi connectivity index (χ3v) is 3.71. The summed E-state index contributed by atoms with van der Waals surface area (Å²) in [5.74, 6) is 0.467. The van der Waals surface area contributed by atoms with E-state index < -0.39 is 5.60 Å². The van der Waals surface area contributed by atoms with E-state index in [2.05, 4.69) is 12.6 Å². The van der Waals surface area contributed by atoms with Gasteiger partial charge in [-0.3, -0.25) is 0 Å². The second-order valence-electron chi connectivity index (χ2n) is 4.74. The van der Waals surface area contributed by atoms with Crippen molar-refractivity contribution in [1.82, 2.24) is 0 Å². The fourth-order valence-electron chi connectivity index (χ4n) is 2.44. The molecule has 0 heterocycles. The standard InChI is InChI=1S/C14H18O3S/c1-10-9-11(18)5-6-12(10)17-14(13(15)16-2)7-3-4-8-14/h5-6,9,18H,3-4,7-8H2,1-2H3. The molecule has 1 aliphatic carbocycles. The number of methoxy groups -OCH3 is 1. The summed E-state index contributed by atoms with van der Waals surface area (Å²) in [5.41, 5.74) is 0.190. The molecule has 1 saturated carbocycles. The van der Waals surface area contributed by atoms with Gasteiger partial charge in [-0.1, -0.05) is 0 Å². The number of carbonyl (C=O) groups is 1. The summed E-state index contributed by atoms with van der Waals surface area (Å²) in [6.07, 6.45) is 3.45. The van der Waals surface area contributed by atoms with Gasteiger partial charge in [0.25, 0.3) is 0 Å². The first-order valence-electron chi connectivity index (χ1n) is 6.14. The average Bonchev–Trinajstić information content (AvgIpc) is 2.82. The van der Waals surface area contributed by atoms with Crippen molar-refractivity contribution in [3.05, 3.63) is 23.8 Å². The highest BCUT2D eigenvalue weighted by atomic mass is 32.1. The Kier molecular flexibility index (Phi) is 3.85. The van der Waals surface area contributed by atoms with Crippen LogP contribution in [0.3, 0.4) is 0 Å². The molecule has 1 aromatic rings. The van der Waals surface area contributed by atoms with Crippen molar-refractivity contribution < 1.29 is 14.3 Å². The molecule has 18 heavy (non-hydrogen) atoms. The fourth-order valence-corrected chi connectivity index (χ4v) is 2.71. The van der Waals surface area contributed by atoms with Gasteiger partial charge in [-0.25, -0.2) is 4.79 Å². The van der Waals surface area contributed by atoms with Crippen molar-refractivity contribution in [2.75, 3.05) is 7.11 Å². The van der Waals surface area contributed by atoms with Gasteiger partial charge < -0.3 is 9.47 Å². The number of rotatable bonds is 3. The molecule has 4 heteroatoms. The maximum Gasteiger partial charge on any atom is 0.350 e. The van der Waals surface area contributed by atoms with Gasteiger partial charge >= 0.3 is 5.97 Å². The highest BCUT2D eigenvalue weighted by molar-refractivity contribution is 7.80. The molecule has 1 fully saturated rings. The summed E-state index contributed by atoms with van der Waals surface area (Å²) >= 11 is 4.28. The molecular weight excluding hydrogens is 248 g/mol. The minimum Gasteiger partial charge on any atom is -0.475 e. The molecule has 3 nitrogen and oxygen atoms in total. The number of benzene rings is 1. The summed E-state index contributed by atoms with van der Waals surface area (Å²) < 4.78 is 10.9. The number of hydrogen-bond acceptors (Lipinski definition) is 4. The van der Waals surface area contributed by atoms with E-state index in [0.717, 1.165) is 41.9 Å². The lowest BCUT2D eigenvalue weighted by Crippen LogP contribution is -2.42. The molecule has 0 saturated heterocycles. The minimum absolute atomic E-state index is 0.269. The van der Waals surface area contributed by atoms with Gasteiger partial charge in [0.15, 0.2) is 0 Å². The zero-order valence-electron chi connectivity index (χ0n) is 10.7. The Labute approximate surface area is 113 Å². The first-order chi connectivity index (χ1) is 8.57. The Hall–Kier alpha value is -1.16. The van der Waals surface area contributed by atoms with E-state index in [0.29, 0.717) is 0 Å². The van der Waals surface area contributed by atoms with Crippen LogP contribution in [0.2, 0.25) is 0 Å². The molecule has 98 valence electrons. The smallest absolute Gasteiger partial charge is 0.350 e. The molecule has 1 aliphatic rings. The molecule has 0 radical (unpaired) electrons. The van der Waals surface area contributed by atoms with E-state index >= 15 is 0 Å². The SMILES string of the molecule is COC(=O)C1(Oc2ccc(S)cc2C)CCCC1. The Morgan fingerprint density at radius 1 is 1.33 bits per heavy atom. The first-order valence-corrected chi connectivity index (χ1v) is 6.59. The first kappa shape index (κ1) is 13.3. The Morgan fingerprint density at radius 2 is 2.00 bits per heavy atom. The maximum atomic E-state index is 12.0. The van der Waals surface area contributed by atoms with Crippen LogP contribution in [0.25, 0.3) is 0 Å². The van der Waals surface area contributed by atoms with Crippen molar-refractivity contribution in [2.24, 2.45) is 0 Å². The molecule has 2 rings (SSSR count). The Balaban J connectivity index is 2.26. The number of aryl methyl sites for hydroxylation is 1. The van der Waals surface area contributed by atoms with E-state index in [1.165, 1.54) is 7.11 Å². The molecule has 1 aromatic carbocycles. The van der Waals surface area contributed by atoms with E-state index in [1.807, 2.05) is 25.1 Å². The Bertz CT molecular complexity index is 450. The van der Waals surface area contributed by atoms with Crippen molar-refractivity contribution in [2.45, 2.75) is 43.1 Å². The van der Waals surface area contributed by atoms with Gasteiger partial charge in [0.2, 0.25) is 5.60 Å². The number of esters is 1. The van der Waals surface area contributed by atoms with Crippen molar-refractivity contribution >= 4 is 18.6 Å². The lowest BCUT2D eigenvalue weighted by molar-refractivity contribution is -0.158. The van der Waals surface area contributed by atoms with E-state index in [-0.39, 0.29) is 5.97 Å². The molecule has 0 amide bonds. The van der Waals surface area contributed by atoms with E-state index in [4.69, 9.17) is 9.47 Å². The third-order valence-electron chi connectivity index (χ3n) is 3.43. The topological polar surface area (TPSA) is 35.5 Å². The molecular formula is C14H18O3S. The lowest BCUT2D eigenvalue weighted by Gasteiger charge is -2.28. The molecule has 0 bridgehead atoms. The van der Waals surface area contributed by atoms with Gasteiger partial charge in [-0.2, -0.15) is 0 Å². The fraction of sp³-hybridized carbons (Fsp3) is 0.500. The second-order valence-corrected chi connectivity index (χ2v) is 5.26. The van der Waals surface area contributed by atoms with E-state index in [1.54, 1.807) is 0 Å². The number of hydrogen-bond donors (Lipinski definition) is 1. The average molecular weight is 266 g/mol. The molecule has 0 aliphatic heterocycles. The van der Waals surface area contributed by atoms with Gasteiger partial charge in [-0.05, 0) is 56.4 Å². The summed E-state index contributed by atoms with van der Waals surface area (Å²) in [5, 5.41) is 0. The largest absolute Gasteiger partial charge is 0.475 e. The van der Waals surface area contributed by atoms with Crippen LogP contribution in [0.1, 0.15) is 31.2 Å². The summed E-state index contributed by atoms with van der Waals surface area (Å²) in [4.78, 5) is 12.8. The predicted molar refractivity (Wildman–Crippen MR) is 72.3 cm³/mol. The van der Waals surface area contributed by atoms with Crippen LogP contribution in [-0.2, 0) is 9.53 Å². The van der Waals surface area contributed by atoms with Crippen LogP contribution < -0.4 is 4.74 Å². The molecule has 0 N–H and O–H groups in total. The monoisotopic (exact) mass is 266 g/mol. The second kappa shape index (κ2) is 5.22. The van der Waals surface area contributed by atoms with Crippen LogP contribution in [0.4, 0.5) is 0 Å². The van der Waals surface area contributed by atoms with Crippen molar-refractivity contribution in [1.29, 1.82) is 0 Å². The molecule has 0 aromatic heterocycles. The molecule has 0 unspecified atom stereocenters. The summed E-state index contributed by atoms with van der Waals surface area (Å²) in [6, 6.07) is 5.66. The summed E-state index contributed by atoms with van der Waals surface area (Å²) in [6.45, 7) is 1.95. The zero-order chi connectivity index (χ0) is 13.2. The van der Waals surface area contributed by atoms with Gasteiger partial charge in [0.1, 0.15) is 5.75 Å². The maximum absolute atomic E-state index is 12.0. The van der Waals surface area contributed by atoms with Crippen LogP contribution in [0, 0.1) is 6.92 Å². The normalized spacial score (nSPS) is 17.5. The minimum atomic E-state index is -0.794. The number of carbonyl (C=O) groups excluding carboxylic acids is 1. The number of ether oxygens (including phenoxy) is 2. The summed E-state index contributed by atoms with van der Waals surface area (Å²) in [7, 11) is 1.41. The van der Waals surface area contributed by atoms with Gasteiger partial charge in [0.05, 0.1) is 7.11 Å². The highest BCUT2D eigenvalue weighted by Crippen LogP contribution is 2.36. The van der Waals surface area contributed by atoms with Crippen LogP contribution in [0.15, 0.2) is 23.1 Å². The van der Waals surface area contributed by atoms with Crippen LogP contribution >= 0.6 is 12.6 Å². The Morgan fingerprint density at radius 3 is 2.56 bits per heavy atom. The van der Waals surface area contributed by atoms with Gasteiger partial charge in [0, 0.05) is 4.90 Å². The quantitative estimate of drug-likeness (QED) is 0.674. The van der Waals surface area contributed by atoms with Crippen LogP contribution in [-0.4, -0.2) is 18.7 Å². The zero-order valence-corrected chi connectivity index (χ0v) is 11.6. The van der Waals surface area contributed by atoms with Crippen molar-refractivity contribution in [3.63, 3.8) is 0 Å². The molecule has 0 spiro atoms. The number of thiol groups is 1. The third kappa shape index (κ3) is 2.48.